The van der Waals surface area contributed by atoms with Gasteiger partial charge in [0.15, 0.2) is 0 Å². The third-order valence-corrected chi connectivity index (χ3v) is 2.98. The highest BCUT2D eigenvalue weighted by Gasteiger charge is 2.25. The molecule has 12 heavy (non-hydrogen) atoms. The molecule has 0 amide bonds. The lowest BCUT2D eigenvalue weighted by Gasteiger charge is -2.38. The van der Waals surface area contributed by atoms with E-state index < -0.39 is 0 Å². The fourth-order valence-corrected chi connectivity index (χ4v) is 1.95. The molecule has 2 atom stereocenters. The van der Waals surface area contributed by atoms with Gasteiger partial charge in [-0.3, -0.25) is 4.90 Å². The second kappa shape index (κ2) is 4.58. The number of hydrogen-bond acceptors (Lipinski definition) is 2. The third kappa shape index (κ3) is 2.71. The normalized spacial score (nSPS) is 32.8. The van der Waals surface area contributed by atoms with Crippen LogP contribution >= 0.6 is 15.9 Å². The molecule has 3 heteroatoms. The van der Waals surface area contributed by atoms with Gasteiger partial charge < -0.3 is 4.74 Å². The predicted octanol–water partition coefficient (Wildman–Crippen LogP) is 1.88. The first-order valence-corrected chi connectivity index (χ1v) is 5.71. The molecule has 1 rings (SSSR count). The van der Waals surface area contributed by atoms with Crippen LogP contribution in [0.25, 0.3) is 0 Å². The molecule has 0 aromatic heterocycles. The van der Waals surface area contributed by atoms with Crippen LogP contribution < -0.4 is 0 Å². The van der Waals surface area contributed by atoms with E-state index in [1.54, 1.807) is 0 Å². The Bertz CT molecular complexity index is 140. The monoisotopic (exact) mass is 235 g/mol. The quantitative estimate of drug-likeness (QED) is 0.679. The molecular formula is C9H18BrNO. The summed E-state index contributed by atoms with van der Waals surface area (Å²) in [5, 5.41) is 0.945. The Hall–Kier alpha value is 0.400. The Morgan fingerprint density at radius 1 is 1.50 bits per heavy atom. The van der Waals surface area contributed by atoms with Gasteiger partial charge in [0.2, 0.25) is 0 Å². The lowest BCUT2D eigenvalue weighted by molar-refractivity contribution is -0.0738. The average Bonchev–Trinajstić information content (AvgIpc) is 2.03. The summed E-state index contributed by atoms with van der Waals surface area (Å²) < 4.78 is 5.73. The smallest absolute Gasteiger partial charge is 0.0802 e. The molecule has 0 radical (unpaired) electrons. The number of rotatable bonds is 2. The van der Waals surface area contributed by atoms with Crippen LogP contribution in [0, 0.1) is 0 Å². The summed E-state index contributed by atoms with van der Waals surface area (Å²) in [7, 11) is 0. The third-order valence-electron chi connectivity index (χ3n) is 2.26. The van der Waals surface area contributed by atoms with E-state index >= 15 is 0 Å². The van der Waals surface area contributed by atoms with E-state index in [4.69, 9.17) is 4.74 Å². The number of morpholine rings is 1. The van der Waals surface area contributed by atoms with Crippen LogP contribution in [-0.2, 0) is 4.74 Å². The molecule has 72 valence electrons. The summed E-state index contributed by atoms with van der Waals surface area (Å²) in [6.07, 6.45) is 0.750. The fourth-order valence-electron chi connectivity index (χ4n) is 1.59. The van der Waals surface area contributed by atoms with Crippen molar-refractivity contribution in [3.63, 3.8) is 0 Å². The van der Waals surface area contributed by atoms with Gasteiger partial charge in [0, 0.05) is 24.5 Å². The van der Waals surface area contributed by atoms with E-state index in [0.717, 1.165) is 18.4 Å². The van der Waals surface area contributed by atoms with E-state index in [-0.39, 0.29) is 0 Å². The van der Waals surface area contributed by atoms with Crippen molar-refractivity contribution in [1.29, 1.82) is 0 Å². The maximum Gasteiger partial charge on any atom is 0.0802 e. The van der Waals surface area contributed by atoms with Crippen molar-refractivity contribution in [2.24, 2.45) is 0 Å². The van der Waals surface area contributed by atoms with Gasteiger partial charge in [-0.15, -0.1) is 0 Å². The largest absolute Gasteiger partial charge is 0.372 e. The first kappa shape index (κ1) is 10.5. The van der Waals surface area contributed by atoms with E-state index in [0.29, 0.717) is 18.2 Å². The van der Waals surface area contributed by atoms with E-state index in [2.05, 4.69) is 41.6 Å². The van der Waals surface area contributed by atoms with Crippen LogP contribution in [0.4, 0.5) is 0 Å². The molecule has 1 aliphatic rings. The van der Waals surface area contributed by atoms with E-state index in [1.165, 1.54) is 0 Å². The van der Waals surface area contributed by atoms with Crippen molar-refractivity contribution in [3.8, 4) is 0 Å². The van der Waals surface area contributed by atoms with Crippen molar-refractivity contribution in [2.45, 2.75) is 39.0 Å². The molecule has 0 bridgehead atoms. The SMILES string of the molecule is CC1CN(C(C)C)CC(CBr)O1. The van der Waals surface area contributed by atoms with E-state index in [1.807, 2.05) is 0 Å². The summed E-state index contributed by atoms with van der Waals surface area (Å²) in [5.41, 5.74) is 0. The molecule has 0 saturated carbocycles. The van der Waals surface area contributed by atoms with Crippen LogP contribution in [0.3, 0.4) is 0 Å². The minimum atomic E-state index is 0.371. The summed E-state index contributed by atoms with van der Waals surface area (Å²) >= 11 is 3.46. The topological polar surface area (TPSA) is 12.5 Å². The second-order valence-electron chi connectivity index (χ2n) is 3.77. The van der Waals surface area contributed by atoms with Gasteiger partial charge in [0.1, 0.15) is 0 Å². The molecule has 2 unspecified atom stereocenters. The molecule has 1 saturated heterocycles. The van der Waals surface area contributed by atoms with Crippen molar-refractivity contribution < 1.29 is 4.74 Å². The van der Waals surface area contributed by atoms with Gasteiger partial charge in [0.05, 0.1) is 12.2 Å². The first-order valence-electron chi connectivity index (χ1n) is 4.59. The van der Waals surface area contributed by atoms with Gasteiger partial charge in [-0.2, -0.15) is 0 Å². The van der Waals surface area contributed by atoms with Gasteiger partial charge in [0.25, 0.3) is 0 Å². The minimum absolute atomic E-state index is 0.371. The highest BCUT2D eigenvalue weighted by molar-refractivity contribution is 9.09. The predicted molar refractivity (Wildman–Crippen MR) is 54.8 cm³/mol. The van der Waals surface area contributed by atoms with Crippen molar-refractivity contribution in [2.75, 3.05) is 18.4 Å². The molecule has 2 nitrogen and oxygen atoms in total. The van der Waals surface area contributed by atoms with Crippen LogP contribution in [0.15, 0.2) is 0 Å². The Morgan fingerprint density at radius 2 is 2.17 bits per heavy atom. The summed E-state index contributed by atoms with van der Waals surface area (Å²) in [6.45, 7) is 8.76. The molecule has 0 aliphatic carbocycles. The fraction of sp³-hybridized carbons (Fsp3) is 1.00. The van der Waals surface area contributed by atoms with Gasteiger partial charge in [-0.1, -0.05) is 15.9 Å². The Morgan fingerprint density at radius 3 is 2.67 bits per heavy atom. The first-order chi connectivity index (χ1) is 5.63. The maximum atomic E-state index is 5.73. The summed E-state index contributed by atoms with van der Waals surface area (Å²) in [6, 6.07) is 0.637. The molecule has 0 aromatic rings. The zero-order valence-electron chi connectivity index (χ0n) is 8.09. The molecule has 1 aliphatic heterocycles. The van der Waals surface area contributed by atoms with Crippen molar-refractivity contribution in [1.82, 2.24) is 4.90 Å². The Kier molecular flexibility index (Phi) is 4.00. The summed E-state index contributed by atoms with van der Waals surface area (Å²) in [4.78, 5) is 2.47. The Balaban J connectivity index is 2.45. The molecular weight excluding hydrogens is 218 g/mol. The van der Waals surface area contributed by atoms with Gasteiger partial charge in [-0.25, -0.2) is 0 Å². The lowest BCUT2D eigenvalue weighted by Crippen LogP contribution is -2.49. The van der Waals surface area contributed by atoms with Gasteiger partial charge in [-0.05, 0) is 20.8 Å². The highest BCUT2D eigenvalue weighted by Crippen LogP contribution is 2.14. The summed E-state index contributed by atoms with van der Waals surface area (Å²) in [5.74, 6) is 0. The average molecular weight is 236 g/mol. The van der Waals surface area contributed by atoms with Crippen LogP contribution in [0.2, 0.25) is 0 Å². The zero-order valence-corrected chi connectivity index (χ0v) is 9.67. The molecule has 0 aromatic carbocycles. The molecule has 1 heterocycles. The molecule has 1 fully saturated rings. The minimum Gasteiger partial charge on any atom is -0.372 e. The number of ether oxygens (including phenoxy) is 1. The zero-order chi connectivity index (χ0) is 9.14. The highest BCUT2D eigenvalue weighted by atomic mass is 79.9. The number of nitrogens with zero attached hydrogens (tertiary/aromatic N) is 1. The van der Waals surface area contributed by atoms with E-state index in [9.17, 15) is 0 Å². The van der Waals surface area contributed by atoms with Gasteiger partial charge >= 0.3 is 0 Å². The molecule has 0 N–H and O–H groups in total. The Labute approximate surface area is 83.4 Å². The van der Waals surface area contributed by atoms with Crippen LogP contribution in [-0.4, -0.2) is 41.6 Å². The standard InChI is InChI=1S/C9H18BrNO/c1-7(2)11-5-8(3)12-9(4-10)6-11/h7-9H,4-6H2,1-3H3. The second-order valence-corrected chi connectivity index (χ2v) is 4.42. The maximum absolute atomic E-state index is 5.73. The number of alkyl halides is 1. The van der Waals surface area contributed by atoms with Crippen molar-refractivity contribution in [3.05, 3.63) is 0 Å². The van der Waals surface area contributed by atoms with Crippen LogP contribution in [0.1, 0.15) is 20.8 Å². The number of halogens is 1. The molecule has 0 spiro atoms. The van der Waals surface area contributed by atoms with Crippen molar-refractivity contribution >= 4 is 15.9 Å². The number of hydrogen-bond donors (Lipinski definition) is 0. The lowest BCUT2D eigenvalue weighted by atomic mass is 10.2. The van der Waals surface area contributed by atoms with Crippen LogP contribution in [0.5, 0.6) is 0 Å².